The molecule has 0 atom stereocenters. The molecule has 0 N–H and O–H groups in total. The number of ether oxygens (including phenoxy) is 2. The first-order valence-electron chi connectivity index (χ1n) is 12.2. The van der Waals surface area contributed by atoms with Gasteiger partial charge in [0.1, 0.15) is 0 Å². The van der Waals surface area contributed by atoms with Crippen LogP contribution in [0.1, 0.15) is 85.0 Å². The average Bonchev–Trinajstić information content (AvgIpc) is 2.79. The second kappa shape index (κ2) is 13.8. The molecule has 0 fully saturated rings. The smallest absolute Gasteiger partial charge is 0.297 e. The highest BCUT2D eigenvalue weighted by Crippen LogP contribution is 2.35. The van der Waals surface area contributed by atoms with Gasteiger partial charge in [-0.2, -0.15) is 0 Å². The number of nitro benzene ring substituents is 1. The Morgan fingerprint density at radius 2 is 1.41 bits per heavy atom. The van der Waals surface area contributed by atoms with Gasteiger partial charge < -0.3 is 14.0 Å². The summed E-state index contributed by atoms with van der Waals surface area (Å²) in [5, 5.41) is 12.0. The van der Waals surface area contributed by atoms with Crippen molar-refractivity contribution in [3.05, 3.63) is 38.7 Å². The first kappa shape index (κ1) is 25.7. The van der Waals surface area contributed by atoms with Crippen LogP contribution < -0.4 is 15.0 Å². The van der Waals surface area contributed by atoms with E-state index in [0.29, 0.717) is 36.4 Å². The molecule has 0 aliphatic carbocycles. The van der Waals surface area contributed by atoms with Crippen molar-refractivity contribution >= 4 is 16.6 Å². The minimum Gasteiger partial charge on any atom is -0.489 e. The van der Waals surface area contributed by atoms with E-state index in [2.05, 4.69) is 13.8 Å². The number of non-ortho nitro benzene ring substituents is 1. The summed E-state index contributed by atoms with van der Waals surface area (Å²) in [6.07, 6.45) is 11.0. The van der Waals surface area contributed by atoms with Crippen LogP contribution in [0.4, 0.5) is 5.69 Å². The van der Waals surface area contributed by atoms with Crippen LogP contribution in [0.3, 0.4) is 0 Å². The van der Waals surface area contributed by atoms with Crippen molar-refractivity contribution in [1.82, 2.24) is 4.57 Å². The fourth-order valence-electron chi connectivity index (χ4n) is 3.84. The van der Waals surface area contributed by atoms with Gasteiger partial charge in [0, 0.05) is 24.1 Å². The van der Waals surface area contributed by atoms with E-state index < -0.39 is 4.92 Å². The zero-order valence-electron chi connectivity index (χ0n) is 19.9. The highest BCUT2D eigenvalue weighted by atomic mass is 16.6. The van der Waals surface area contributed by atoms with Gasteiger partial charge in [0.05, 0.1) is 23.7 Å². The zero-order valence-corrected chi connectivity index (χ0v) is 19.9. The maximum absolute atomic E-state index is 13.2. The number of rotatable bonds is 16. The van der Waals surface area contributed by atoms with Crippen LogP contribution in [0.25, 0.3) is 10.9 Å². The monoisotopic (exact) mass is 446 g/mol. The summed E-state index contributed by atoms with van der Waals surface area (Å²) >= 11 is 0. The summed E-state index contributed by atoms with van der Waals surface area (Å²) in [7, 11) is 0. The molecule has 0 aliphatic rings. The molecule has 1 heterocycles. The van der Waals surface area contributed by atoms with Crippen LogP contribution in [-0.4, -0.2) is 22.7 Å². The third-order valence-corrected chi connectivity index (χ3v) is 5.68. The first-order valence-corrected chi connectivity index (χ1v) is 12.2. The number of aryl methyl sites for hydroxylation is 1. The summed E-state index contributed by atoms with van der Waals surface area (Å²) in [5.74, 6) is 0.629. The second-order valence-electron chi connectivity index (χ2n) is 8.19. The number of hydrogen-bond acceptors (Lipinski definition) is 5. The Hall–Kier alpha value is -2.57. The van der Waals surface area contributed by atoms with Crippen LogP contribution >= 0.6 is 0 Å². The SMILES string of the molecule is CCCCCCCCOc1c(OCCCCCC)c2ccc([N+](=O)[O-])cc2n(CC)c1=O. The molecule has 0 amide bonds. The molecular weight excluding hydrogens is 408 g/mol. The topological polar surface area (TPSA) is 83.6 Å². The molecule has 0 bridgehead atoms. The molecule has 1 aromatic heterocycles. The van der Waals surface area contributed by atoms with Crippen molar-refractivity contribution in [3.63, 3.8) is 0 Å². The maximum atomic E-state index is 13.2. The normalized spacial score (nSPS) is 11.1. The van der Waals surface area contributed by atoms with E-state index >= 15 is 0 Å². The van der Waals surface area contributed by atoms with Crippen LogP contribution in [0, 0.1) is 10.1 Å². The van der Waals surface area contributed by atoms with E-state index in [-0.39, 0.29) is 17.0 Å². The van der Waals surface area contributed by atoms with Crippen LogP contribution in [0.2, 0.25) is 0 Å². The van der Waals surface area contributed by atoms with Gasteiger partial charge in [-0.1, -0.05) is 65.2 Å². The molecule has 0 spiro atoms. The molecule has 2 rings (SSSR count). The lowest BCUT2D eigenvalue weighted by atomic mass is 10.1. The molecule has 0 saturated carbocycles. The Morgan fingerprint density at radius 1 is 0.844 bits per heavy atom. The third-order valence-electron chi connectivity index (χ3n) is 5.68. The molecule has 0 radical (unpaired) electrons. The van der Waals surface area contributed by atoms with Crippen molar-refractivity contribution < 1.29 is 14.4 Å². The van der Waals surface area contributed by atoms with Crippen LogP contribution in [0.15, 0.2) is 23.0 Å². The first-order chi connectivity index (χ1) is 15.5. The number of unbranched alkanes of at least 4 members (excludes halogenated alkanes) is 8. The fourth-order valence-corrected chi connectivity index (χ4v) is 3.84. The summed E-state index contributed by atoms with van der Waals surface area (Å²) < 4.78 is 13.6. The van der Waals surface area contributed by atoms with Crippen molar-refractivity contribution in [2.45, 2.75) is 91.5 Å². The summed E-state index contributed by atoms with van der Waals surface area (Å²) in [6.45, 7) is 7.52. The average molecular weight is 447 g/mol. The van der Waals surface area contributed by atoms with E-state index in [1.165, 1.54) is 42.4 Å². The Bertz CT molecular complexity index is 923. The molecule has 2 aromatic rings. The van der Waals surface area contributed by atoms with E-state index in [9.17, 15) is 14.9 Å². The van der Waals surface area contributed by atoms with Gasteiger partial charge in [-0.25, -0.2) is 0 Å². The zero-order chi connectivity index (χ0) is 23.3. The largest absolute Gasteiger partial charge is 0.489 e. The highest BCUT2D eigenvalue weighted by Gasteiger charge is 2.21. The Morgan fingerprint density at radius 3 is 2.00 bits per heavy atom. The number of aromatic nitrogens is 1. The van der Waals surface area contributed by atoms with Crippen molar-refractivity contribution in [3.8, 4) is 11.5 Å². The standard InChI is InChI=1S/C25H38N2O5/c1-4-7-9-11-12-14-18-32-24-23(31-17-13-10-8-5-2)21-16-15-20(27(29)30)19-22(21)26(6-3)25(24)28/h15-16,19H,4-14,17-18H2,1-3H3. The number of fused-ring (bicyclic) bond motifs is 1. The molecule has 32 heavy (non-hydrogen) atoms. The predicted octanol–water partition coefficient (Wildman–Crippen LogP) is 6.63. The van der Waals surface area contributed by atoms with E-state index in [1.54, 1.807) is 6.07 Å². The van der Waals surface area contributed by atoms with Gasteiger partial charge in [0.25, 0.3) is 11.2 Å². The van der Waals surface area contributed by atoms with Crippen molar-refractivity contribution in [1.29, 1.82) is 0 Å². The number of nitrogens with zero attached hydrogens (tertiary/aromatic N) is 2. The number of hydrogen-bond donors (Lipinski definition) is 0. The Kier molecular flexibility index (Phi) is 11.0. The van der Waals surface area contributed by atoms with Gasteiger partial charge in [0.15, 0.2) is 5.75 Å². The summed E-state index contributed by atoms with van der Waals surface area (Å²) in [6, 6.07) is 4.56. The highest BCUT2D eigenvalue weighted by molar-refractivity contribution is 5.89. The second-order valence-corrected chi connectivity index (χ2v) is 8.19. The van der Waals surface area contributed by atoms with Crippen LogP contribution in [-0.2, 0) is 6.54 Å². The van der Waals surface area contributed by atoms with Gasteiger partial charge >= 0.3 is 0 Å². The number of pyridine rings is 1. The third kappa shape index (κ3) is 6.97. The molecule has 0 unspecified atom stereocenters. The molecule has 178 valence electrons. The predicted molar refractivity (Wildman–Crippen MR) is 129 cm³/mol. The molecule has 0 aliphatic heterocycles. The maximum Gasteiger partial charge on any atom is 0.297 e. The van der Waals surface area contributed by atoms with E-state index in [4.69, 9.17) is 9.47 Å². The summed E-state index contributed by atoms with van der Waals surface area (Å²) in [4.78, 5) is 24.1. The minimum absolute atomic E-state index is 0.0475. The quantitative estimate of drug-likeness (QED) is 0.164. The number of nitro groups is 1. The molecule has 1 aromatic carbocycles. The van der Waals surface area contributed by atoms with E-state index in [1.807, 2.05) is 6.92 Å². The van der Waals surface area contributed by atoms with Crippen molar-refractivity contribution in [2.24, 2.45) is 0 Å². The lowest BCUT2D eigenvalue weighted by molar-refractivity contribution is -0.384. The molecular formula is C25H38N2O5. The molecule has 7 heteroatoms. The minimum atomic E-state index is -0.446. The van der Waals surface area contributed by atoms with Crippen LogP contribution in [0.5, 0.6) is 11.5 Å². The van der Waals surface area contributed by atoms with E-state index in [0.717, 1.165) is 38.5 Å². The summed E-state index contributed by atoms with van der Waals surface area (Å²) in [5.41, 5.74) is 0.158. The van der Waals surface area contributed by atoms with Gasteiger partial charge in [-0.05, 0) is 25.8 Å². The van der Waals surface area contributed by atoms with Gasteiger partial charge in [-0.3, -0.25) is 14.9 Å². The van der Waals surface area contributed by atoms with Gasteiger partial charge in [-0.15, -0.1) is 0 Å². The fraction of sp³-hybridized carbons (Fsp3) is 0.640. The number of benzene rings is 1. The Labute approximate surface area is 190 Å². The Balaban J connectivity index is 2.32. The van der Waals surface area contributed by atoms with Crippen molar-refractivity contribution in [2.75, 3.05) is 13.2 Å². The molecule has 7 nitrogen and oxygen atoms in total. The van der Waals surface area contributed by atoms with Gasteiger partial charge in [0.2, 0.25) is 5.75 Å². The lowest BCUT2D eigenvalue weighted by Gasteiger charge is -2.18. The lowest BCUT2D eigenvalue weighted by Crippen LogP contribution is -2.23. The molecule has 0 saturated heterocycles.